The van der Waals surface area contributed by atoms with Gasteiger partial charge in [-0.1, -0.05) is 39.7 Å². The maximum Gasteiger partial charge on any atom is 0.0486 e. The van der Waals surface area contributed by atoms with Gasteiger partial charge in [0.15, 0.2) is 0 Å². The molecule has 3 heteroatoms. The smallest absolute Gasteiger partial charge is 0.0486 e. The van der Waals surface area contributed by atoms with Crippen LogP contribution in [-0.2, 0) is 0 Å². The zero-order valence-electron chi connectivity index (χ0n) is 10.4. The summed E-state index contributed by atoms with van der Waals surface area (Å²) >= 11 is 9.45. The van der Waals surface area contributed by atoms with Gasteiger partial charge in [0.25, 0.3) is 0 Å². The van der Waals surface area contributed by atoms with Crippen molar-refractivity contribution in [3.8, 4) is 0 Å². The largest absolute Gasteiger partial charge is 0.378 e. The van der Waals surface area contributed by atoms with E-state index in [1.807, 2.05) is 30.3 Å². The van der Waals surface area contributed by atoms with Crippen molar-refractivity contribution in [3.05, 3.63) is 63.1 Å². The molecule has 2 aromatic rings. The number of nitrogens with one attached hydrogen (secondary N) is 1. The monoisotopic (exact) mass is 323 g/mol. The Morgan fingerprint density at radius 2 is 1.94 bits per heavy atom. The number of anilines is 1. The van der Waals surface area contributed by atoms with E-state index in [-0.39, 0.29) is 6.04 Å². The van der Waals surface area contributed by atoms with E-state index in [1.165, 1.54) is 5.56 Å². The summed E-state index contributed by atoms with van der Waals surface area (Å²) in [6.07, 6.45) is 0. The molecule has 0 aromatic heterocycles. The number of aryl methyl sites for hydroxylation is 1. The molecule has 0 bridgehead atoms. The highest BCUT2D eigenvalue weighted by Crippen LogP contribution is 2.25. The second kappa shape index (κ2) is 5.77. The maximum absolute atomic E-state index is 5.96. The van der Waals surface area contributed by atoms with Crippen LogP contribution in [0.15, 0.2) is 46.9 Å². The quantitative estimate of drug-likeness (QED) is 0.776. The predicted octanol–water partition coefficient (Wildman–Crippen LogP) is 5.58. The SMILES string of the molecule is Cc1cc(Cl)ccc1NC(C)c1cccc(Br)c1. The molecule has 0 saturated heterocycles. The summed E-state index contributed by atoms with van der Waals surface area (Å²) in [4.78, 5) is 0. The van der Waals surface area contributed by atoms with E-state index in [2.05, 4.69) is 47.2 Å². The minimum atomic E-state index is 0.252. The maximum atomic E-state index is 5.96. The average Bonchev–Trinajstić information content (AvgIpc) is 2.32. The molecule has 1 unspecified atom stereocenters. The molecule has 18 heavy (non-hydrogen) atoms. The third-order valence-electron chi connectivity index (χ3n) is 2.91. The molecule has 94 valence electrons. The first-order valence-corrected chi connectivity index (χ1v) is 7.01. The predicted molar refractivity (Wildman–Crippen MR) is 82.4 cm³/mol. The lowest BCUT2D eigenvalue weighted by Crippen LogP contribution is -2.07. The van der Waals surface area contributed by atoms with Gasteiger partial charge in [0.05, 0.1) is 0 Å². The van der Waals surface area contributed by atoms with Gasteiger partial charge in [0.2, 0.25) is 0 Å². The summed E-state index contributed by atoms with van der Waals surface area (Å²) < 4.78 is 1.10. The molecule has 0 aliphatic rings. The Morgan fingerprint density at radius 3 is 2.61 bits per heavy atom. The van der Waals surface area contributed by atoms with Crippen LogP contribution in [0.5, 0.6) is 0 Å². The molecule has 0 aliphatic heterocycles. The lowest BCUT2D eigenvalue weighted by molar-refractivity contribution is 0.881. The van der Waals surface area contributed by atoms with Crippen molar-refractivity contribution in [2.75, 3.05) is 5.32 Å². The van der Waals surface area contributed by atoms with Gasteiger partial charge in [-0.05, 0) is 55.3 Å². The summed E-state index contributed by atoms with van der Waals surface area (Å²) in [5.41, 5.74) is 3.52. The van der Waals surface area contributed by atoms with Crippen molar-refractivity contribution in [2.45, 2.75) is 19.9 Å². The molecule has 0 amide bonds. The first-order valence-electron chi connectivity index (χ1n) is 5.84. The molecular formula is C15H15BrClN. The van der Waals surface area contributed by atoms with E-state index >= 15 is 0 Å². The Labute approximate surface area is 121 Å². The van der Waals surface area contributed by atoms with Crippen LogP contribution in [0.4, 0.5) is 5.69 Å². The Balaban J connectivity index is 2.18. The first kappa shape index (κ1) is 13.4. The number of benzene rings is 2. The fourth-order valence-corrected chi connectivity index (χ4v) is 2.53. The second-order valence-corrected chi connectivity index (χ2v) is 5.73. The van der Waals surface area contributed by atoms with Crippen molar-refractivity contribution in [1.29, 1.82) is 0 Å². The van der Waals surface area contributed by atoms with Crippen LogP contribution < -0.4 is 5.32 Å². The Morgan fingerprint density at radius 1 is 1.17 bits per heavy atom. The van der Waals surface area contributed by atoms with Crippen molar-refractivity contribution in [3.63, 3.8) is 0 Å². The highest BCUT2D eigenvalue weighted by molar-refractivity contribution is 9.10. The first-order chi connectivity index (χ1) is 8.56. The summed E-state index contributed by atoms with van der Waals surface area (Å²) in [5, 5.41) is 4.27. The van der Waals surface area contributed by atoms with Crippen LogP contribution in [0.2, 0.25) is 5.02 Å². The molecule has 1 N–H and O–H groups in total. The van der Waals surface area contributed by atoms with Crippen LogP contribution in [0.25, 0.3) is 0 Å². The highest BCUT2D eigenvalue weighted by atomic mass is 79.9. The summed E-state index contributed by atoms with van der Waals surface area (Å²) in [6.45, 7) is 4.21. The van der Waals surface area contributed by atoms with Gasteiger partial charge in [0, 0.05) is 21.2 Å². The Hall–Kier alpha value is -0.990. The Bertz CT molecular complexity index is 554. The molecule has 1 nitrogen and oxygen atoms in total. The molecule has 0 fully saturated rings. The molecule has 0 saturated carbocycles. The van der Waals surface area contributed by atoms with Gasteiger partial charge < -0.3 is 5.32 Å². The fraction of sp³-hybridized carbons (Fsp3) is 0.200. The van der Waals surface area contributed by atoms with E-state index in [0.717, 1.165) is 20.7 Å². The molecule has 2 aromatic carbocycles. The Kier molecular flexibility index (Phi) is 4.31. The van der Waals surface area contributed by atoms with E-state index in [1.54, 1.807) is 0 Å². The van der Waals surface area contributed by atoms with E-state index in [4.69, 9.17) is 11.6 Å². The van der Waals surface area contributed by atoms with E-state index in [0.29, 0.717) is 0 Å². The van der Waals surface area contributed by atoms with Crippen LogP contribution in [0.3, 0.4) is 0 Å². The van der Waals surface area contributed by atoms with Crippen molar-refractivity contribution in [2.24, 2.45) is 0 Å². The summed E-state index contributed by atoms with van der Waals surface area (Å²) in [5.74, 6) is 0. The lowest BCUT2D eigenvalue weighted by atomic mass is 10.1. The standard InChI is InChI=1S/C15H15BrClN/c1-10-8-14(17)6-7-15(10)18-11(2)12-4-3-5-13(16)9-12/h3-9,11,18H,1-2H3. The highest BCUT2D eigenvalue weighted by Gasteiger charge is 2.07. The third-order valence-corrected chi connectivity index (χ3v) is 3.64. The molecule has 0 aliphatic carbocycles. The lowest BCUT2D eigenvalue weighted by Gasteiger charge is -2.18. The average molecular weight is 325 g/mol. The zero-order chi connectivity index (χ0) is 13.1. The van der Waals surface area contributed by atoms with Crippen molar-refractivity contribution < 1.29 is 0 Å². The van der Waals surface area contributed by atoms with Crippen LogP contribution >= 0.6 is 27.5 Å². The summed E-state index contributed by atoms with van der Waals surface area (Å²) in [6, 6.07) is 14.5. The molecular weight excluding hydrogens is 310 g/mol. The normalized spacial score (nSPS) is 12.2. The van der Waals surface area contributed by atoms with Gasteiger partial charge in [-0.3, -0.25) is 0 Å². The fourth-order valence-electron chi connectivity index (χ4n) is 1.88. The van der Waals surface area contributed by atoms with Crippen LogP contribution in [0.1, 0.15) is 24.1 Å². The van der Waals surface area contributed by atoms with E-state index < -0.39 is 0 Å². The van der Waals surface area contributed by atoms with Crippen LogP contribution in [0, 0.1) is 6.92 Å². The minimum absolute atomic E-state index is 0.252. The van der Waals surface area contributed by atoms with E-state index in [9.17, 15) is 0 Å². The molecule has 0 radical (unpaired) electrons. The molecule has 1 atom stereocenters. The zero-order valence-corrected chi connectivity index (χ0v) is 12.7. The minimum Gasteiger partial charge on any atom is -0.378 e. The summed E-state index contributed by atoms with van der Waals surface area (Å²) in [7, 11) is 0. The third kappa shape index (κ3) is 3.27. The van der Waals surface area contributed by atoms with Gasteiger partial charge in [-0.25, -0.2) is 0 Å². The van der Waals surface area contributed by atoms with Gasteiger partial charge in [-0.15, -0.1) is 0 Å². The number of rotatable bonds is 3. The van der Waals surface area contributed by atoms with Crippen molar-refractivity contribution in [1.82, 2.24) is 0 Å². The number of halogens is 2. The molecule has 0 heterocycles. The molecule has 0 spiro atoms. The topological polar surface area (TPSA) is 12.0 Å². The number of hydrogen-bond donors (Lipinski definition) is 1. The van der Waals surface area contributed by atoms with Crippen LogP contribution in [-0.4, -0.2) is 0 Å². The second-order valence-electron chi connectivity index (χ2n) is 4.38. The van der Waals surface area contributed by atoms with Gasteiger partial charge in [-0.2, -0.15) is 0 Å². The molecule has 2 rings (SSSR count). The number of hydrogen-bond acceptors (Lipinski definition) is 1. The van der Waals surface area contributed by atoms with Crippen molar-refractivity contribution >= 4 is 33.2 Å². The van der Waals surface area contributed by atoms with Gasteiger partial charge in [0.1, 0.15) is 0 Å². The van der Waals surface area contributed by atoms with Gasteiger partial charge >= 0.3 is 0 Å².